The van der Waals surface area contributed by atoms with Gasteiger partial charge in [-0.25, -0.2) is 4.79 Å². The Bertz CT molecular complexity index is 896. The van der Waals surface area contributed by atoms with E-state index in [0.29, 0.717) is 12.2 Å². The fourth-order valence-corrected chi connectivity index (χ4v) is 2.90. The first kappa shape index (κ1) is 15.1. The van der Waals surface area contributed by atoms with E-state index in [1.807, 2.05) is 50.2 Å². The minimum Gasteiger partial charge on any atom is -0.488 e. The molecule has 0 unspecified atom stereocenters. The van der Waals surface area contributed by atoms with Gasteiger partial charge in [-0.15, -0.1) is 0 Å². The van der Waals surface area contributed by atoms with Gasteiger partial charge in [-0.2, -0.15) is 0 Å². The normalized spacial score (nSPS) is 10.9. The van der Waals surface area contributed by atoms with E-state index in [4.69, 9.17) is 9.15 Å². The Morgan fingerprint density at radius 3 is 2.68 bits per heavy atom. The summed E-state index contributed by atoms with van der Waals surface area (Å²) >= 11 is 2.23. The Balaban J connectivity index is 2.02. The van der Waals surface area contributed by atoms with E-state index in [2.05, 4.69) is 22.6 Å². The van der Waals surface area contributed by atoms with Gasteiger partial charge in [-0.05, 0) is 59.7 Å². The van der Waals surface area contributed by atoms with Gasteiger partial charge >= 0.3 is 5.63 Å². The van der Waals surface area contributed by atoms with Gasteiger partial charge in [-0.1, -0.05) is 24.3 Å². The van der Waals surface area contributed by atoms with Crippen molar-refractivity contribution in [3.05, 3.63) is 73.1 Å². The lowest BCUT2D eigenvalue weighted by atomic mass is 10.0. The van der Waals surface area contributed by atoms with Gasteiger partial charge in [0.05, 0.1) is 3.57 Å². The molecule has 0 aliphatic rings. The Morgan fingerprint density at radius 2 is 1.91 bits per heavy atom. The van der Waals surface area contributed by atoms with Gasteiger partial charge < -0.3 is 9.15 Å². The molecule has 0 saturated heterocycles. The van der Waals surface area contributed by atoms with Crippen molar-refractivity contribution in [2.75, 3.05) is 0 Å². The molecule has 0 saturated carbocycles. The molecule has 0 spiro atoms. The van der Waals surface area contributed by atoms with Crippen molar-refractivity contribution in [3.8, 4) is 5.75 Å². The third kappa shape index (κ3) is 2.88. The summed E-state index contributed by atoms with van der Waals surface area (Å²) in [6.45, 7) is 4.31. The van der Waals surface area contributed by atoms with Crippen LogP contribution in [0, 0.1) is 17.4 Å². The fraction of sp³-hybridized carbons (Fsp3) is 0.167. The number of rotatable bonds is 3. The minimum absolute atomic E-state index is 0.338. The first-order valence-electron chi connectivity index (χ1n) is 6.96. The molecular formula is C18H15IO3. The summed E-state index contributed by atoms with van der Waals surface area (Å²) in [6, 6.07) is 13.3. The maximum atomic E-state index is 11.8. The third-order valence-electron chi connectivity index (χ3n) is 3.74. The summed E-state index contributed by atoms with van der Waals surface area (Å²) in [4.78, 5) is 11.8. The van der Waals surface area contributed by atoms with E-state index >= 15 is 0 Å². The maximum Gasteiger partial charge on any atom is 0.336 e. The Hall–Kier alpha value is -1.82. The van der Waals surface area contributed by atoms with Crippen LogP contribution in [0.15, 0.2) is 51.7 Å². The van der Waals surface area contributed by atoms with E-state index in [1.54, 1.807) is 0 Å². The molecule has 3 aromatic rings. The second-order valence-electron chi connectivity index (χ2n) is 5.19. The summed E-state index contributed by atoms with van der Waals surface area (Å²) in [5.41, 5.74) is 3.24. The van der Waals surface area contributed by atoms with Crippen LogP contribution in [0.5, 0.6) is 5.75 Å². The topological polar surface area (TPSA) is 39.4 Å². The summed E-state index contributed by atoms with van der Waals surface area (Å²) < 4.78 is 12.3. The minimum atomic E-state index is -0.345. The fourth-order valence-electron chi connectivity index (χ4n) is 2.36. The molecule has 0 amide bonds. The lowest BCUT2D eigenvalue weighted by Gasteiger charge is -2.11. The van der Waals surface area contributed by atoms with Crippen LogP contribution in [0.1, 0.15) is 16.7 Å². The molecule has 0 aliphatic carbocycles. The first-order valence-corrected chi connectivity index (χ1v) is 8.04. The second-order valence-corrected chi connectivity index (χ2v) is 6.36. The first-order chi connectivity index (χ1) is 10.6. The van der Waals surface area contributed by atoms with Crippen LogP contribution in [-0.2, 0) is 6.61 Å². The van der Waals surface area contributed by atoms with Crippen molar-refractivity contribution in [1.29, 1.82) is 0 Å². The molecule has 2 aromatic carbocycles. The Morgan fingerprint density at radius 1 is 1.14 bits per heavy atom. The number of fused-ring (bicyclic) bond motifs is 1. The lowest BCUT2D eigenvalue weighted by molar-refractivity contribution is 0.304. The van der Waals surface area contributed by atoms with Crippen molar-refractivity contribution in [2.45, 2.75) is 20.5 Å². The van der Waals surface area contributed by atoms with Crippen LogP contribution in [-0.4, -0.2) is 0 Å². The molecule has 1 heterocycles. The predicted molar refractivity (Wildman–Crippen MR) is 95.4 cm³/mol. The third-order valence-corrected chi connectivity index (χ3v) is 4.63. The van der Waals surface area contributed by atoms with Crippen molar-refractivity contribution in [1.82, 2.24) is 0 Å². The molecular weight excluding hydrogens is 391 g/mol. The Kier molecular flexibility index (Phi) is 4.20. The predicted octanol–water partition coefficient (Wildman–Crippen LogP) is 4.59. The number of aryl methyl sites for hydroxylation is 2. The molecule has 3 nitrogen and oxygen atoms in total. The number of hydrogen-bond donors (Lipinski definition) is 0. The highest BCUT2D eigenvalue weighted by Gasteiger charge is 2.10. The average Bonchev–Trinajstić information content (AvgIpc) is 2.50. The van der Waals surface area contributed by atoms with Gasteiger partial charge in [0.15, 0.2) is 0 Å². The van der Waals surface area contributed by atoms with Crippen molar-refractivity contribution < 1.29 is 9.15 Å². The van der Waals surface area contributed by atoms with Gasteiger partial charge in [0.2, 0.25) is 0 Å². The molecule has 0 radical (unpaired) electrons. The molecule has 3 rings (SSSR count). The largest absolute Gasteiger partial charge is 0.488 e. The number of hydrogen-bond acceptors (Lipinski definition) is 3. The maximum absolute atomic E-state index is 11.8. The molecule has 0 N–H and O–H groups in total. The smallest absolute Gasteiger partial charge is 0.336 e. The monoisotopic (exact) mass is 406 g/mol. The van der Waals surface area contributed by atoms with Crippen LogP contribution in [0.3, 0.4) is 0 Å². The van der Waals surface area contributed by atoms with Crippen molar-refractivity contribution >= 4 is 33.6 Å². The highest BCUT2D eigenvalue weighted by Crippen LogP contribution is 2.25. The van der Waals surface area contributed by atoms with Gasteiger partial charge in [0, 0.05) is 17.0 Å². The summed E-state index contributed by atoms with van der Waals surface area (Å²) in [6.07, 6.45) is 0. The van der Waals surface area contributed by atoms with E-state index in [-0.39, 0.29) is 5.63 Å². The zero-order valence-corrected chi connectivity index (χ0v) is 14.5. The zero-order chi connectivity index (χ0) is 15.7. The number of benzene rings is 2. The zero-order valence-electron chi connectivity index (χ0n) is 12.4. The molecule has 0 fully saturated rings. The quantitative estimate of drug-likeness (QED) is 0.472. The van der Waals surface area contributed by atoms with Crippen molar-refractivity contribution in [3.63, 3.8) is 0 Å². The van der Waals surface area contributed by atoms with E-state index in [1.165, 1.54) is 6.07 Å². The van der Waals surface area contributed by atoms with Crippen molar-refractivity contribution in [2.24, 2.45) is 0 Å². The highest BCUT2D eigenvalue weighted by molar-refractivity contribution is 14.1. The van der Waals surface area contributed by atoms with Gasteiger partial charge in [-0.3, -0.25) is 0 Å². The number of halogens is 1. The number of para-hydroxylation sites is 1. The lowest BCUT2D eigenvalue weighted by Crippen LogP contribution is -2.05. The standard InChI is InChI=1S/C18H15IO3/c1-11-7-8-14-13(9-17(20)22-18(14)12(11)2)10-21-16-6-4-3-5-15(16)19/h3-9H,10H2,1-2H3. The average molecular weight is 406 g/mol. The van der Waals surface area contributed by atoms with Gasteiger partial charge in [0.25, 0.3) is 0 Å². The van der Waals surface area contributed by atoms with Crippen LogP contribution in [0.4, 0.5) is 0 Å². The van der Waals surface area contributed by atoms with Crippen LogP contribution in [0.25, 0.3) is 11.0 Å². The second kappa shape index (κ2) is 6.12. The van der Waals surface area contributed by atoms with Crippen LogP contribution >= 0.6 is 22.6 Å². The molecule has 112 valence electrons. The molecule has 4 heteroatoms. The van der Waals surface area contributed by atoms with Crippen LogP contribution in [0.2, 0.25) is 0 Å². The Labute approximate surface area is 142 Å². The van der Waals surface area contributed by atoms with Crippen LogP contribution < -0.4 is 10.4 Å². The van der Waals surface area contributed by atoms with E-state index in [9.17, 15) is 4.79 Å². The molecule has 0 atom stereocenters. The summed E-state index contributed by atoms with van der Waals surface area (Å²) in [7, 11) is 0. The molecule has 0 aliphatic heterocycles. The molecule has 0 bridgehead atoms. The summed E-state index contributed by atoms with van der Waals surface area (Å²) in [5.74, 6) is 0.813. The SMILES string of the molecule is Cc1ccc2c(COc3ccccc3I)cc(=O)oc2c1C. The molecule has 1 aromatic heterocycles. The van der Waals surface area contributed by atoms with Gasteiger partial charge in [0.1, 0.15) is 17.9 Å². The highest BCUT2D eigenvalue weighted by atomic mass is 127. The number of ether oxygens (including phenoxy) is 1. The van der Waals surface area contributed by atoms with E-state index < -0.39 is 0 Å². The molecule has 22 heavy (non-hydrogen) atoms. The van der Waals surface area contributed by atoms with E-state index in [0.717, 1.165) is 31.4 Å². The summed E-state index contributed by atoms with van der Waals surface area (Å²) in [5, 5.41) is 0.925.